The summed E-state index contributed by atoms with van der Waals surface area (Å²) in [6, 6.07) is 8.18. The van der Waals surface area contributed by atoms with E-state index in [0.29, 0.717) is 23.7 Å². The Bertz CT molecular complexity index is 1020. The molecule has 156 valence electrons. The number of pyridine rings is 1. The summed E-state index contributed by atoms with van der Waals surface area (Å²) in [4.78, 5) is 7.11. The monoisotopic (exact) mass is 434 g/mol. The van der Waals surface area contributed by atoms with Crippen LogP contribution in [0.25, 0.3) is 11.0 Å². The van der Waals surface area contributed by atoms with Crippen LogP contribution in [0.3, 0.4) is 0 Å². The molecule has 3 aromatic rings. The van der Waals surface area contributed by atoms with Crippen molar-refractivity contribution in [1.82, 2.24) is 19.7 Å². The summed E-state index contributed by atoms with van der Waals surface area (Å²) >= 11 is 6.84. The van der Waals surface area contributed by atoms with Gasteiger partial charge in [0, 0.05) is 6.54 Å². The highest BCUT2D eigenvalue weighted by atomic mass is 35.5. The first-order chi connectivity index (χ1) is 13.5. The largest absolute Gasteiger partial charge is 0.379 e. The lowest BCUT2D eigenvalue weighted by Gasteiger charge is -2.31. The van der Waals surface area contributed by atoms with Crippen LogP contribution in [-0.4, -0.2) is 45.4 Å². The third-order valence-corrected chi connectivity index (χ3v) is 6.19. The molecular weight excluding hydrogens is 407 g/mol. The number of rotatable bonds is 5. The molecule has 1 atom stereocenters. The summed E-state index contributed by atoms with van der Waals surface area (Å²) < 4.78 is 1.85. The lowest BCUT2D eigenvalue weighted by molar-refractivity contribution is 0.0617. The predicted octanol–water partition coefficient (Wildman–Crippen LogP) is 4.20. The van der Waals surface area contributed by atoms with Crippen LogP contribution in [0.15, 0.2) is 30.5 Å². The smallest absolute Gasteiger partial charge is 0.159 e. The molecule has 0 bridgehead atoms. The van der Waals surface area contributed by atoms with Gasteiger partial charge in [0.25, 0.3) is 0 Å². The summed E-state index contributed by atoms with van der Waals surface area (Å²) in [5.41, 5.74) is 3.37. The third kappa shape index (κ3) is 3.77. The molecule has 0 spiro atoms. The number of nitrogens with zero attached hydrogens (tertiary/aromatic N) is 4. The third-order valence-electron chi connectivity index (χ3n) is 5.76. The van der Waals surface area contributed by atoms with E-state index in [-0.39, 0.29) is 12.4 Å². The van der Waals surface area contributed by atoms with Crippen molar-refractivity contribution in [3.63, 3.8) is 0 Å². The topological polar surface area (TPSA) is 54.2 Å². The van der Waals surface area contributed by atoms with Crippen molar-refractivity contribution < 1.29 is 5.11 Å². The Kier molecular flexibility index (Phi) is 6.54. The first kappa shape index (κ1) is 22.0. The zero-order chi connectivity index (χ0) is 19.9. The fourth-order valence-corrected chi connectivity index (χ4v) is 4.64. The van der Waals surface area contributed by atoms with Crippen molar-refractivity contribution in [2.75, 3.05) is 20.6 Å². The average molecular weight is 435 g/mol. The van der Waals surface area contributed by atoms with Gasteiger partial charge in [-0.05, 0) is 69.9 Å². The number of aliphatic hydroxyl groups is 1. The number of aryl methyl sites for hydroxylation is 2. The van der Waals surface area contributed by atoms with Crippen molar-refractivity contribution in [2.45, 2.75) is 44.8 Å². The highest BCUT2D eigenvalue weighted by Gasteiger charge is 2.40. The summed E-state index contributed by atoms with van der Waals surface area (Å²) in [5, 5.41) is 18.1. The van der Waals surface area contributed by atoms with Gasteiger partial charge in [0.15, 0.2) is 5.65 Å². The van der Waals surface area contributed by atoms with Gasteiger partial charge in [-0.15, -0.1) is 12.4 Å². The van der Waals surface area contributed by atoms with Crippen molar-refractivity contribution in [2.24, 2.45) is 0 Å². The van der Waals surface area contributed by atoms with Crippen LogP contribution in [0.2, 0.25) is 5.02 Å². The molecule has 7 heteroatoms. The number of fused-ring (bicyclic) bond motifs is 3. The highest BCUT2D eigenvalue weighted by Crippen LogP contribution is 2.43. The van der Waals surface area contributed by atoms with Gasteiger partial charge in [0.2, 0.25) is 0 Å². The fourth-order valence-electron chi connectivity index (χ4n) is 4.33. The molecule has 2 heterocycles. The van der Waals surface area contributed by atoms with E-state index in [1.807, 2.05) is 29.8 Å². The molecule has 1 aromatic carbocycles. The standard InChI is InChI=1S/C22H27ClN4O.ClH/c1-4-27-21-17(14-24-27)19(23)16-11-10-15-8-5-6-9-18(15)22(28,20(16)25-21)12-7-13-26(2)3;/h5-6,8-9,14,28H,4,7,10-13H2,1-3H3;1H. The molecule has 0 amide bonds. The molecule has 0 radical (unpaired) electrons. The second-order valence-electron chi connectivity index (χ2n) is 7.87. The van der Waals surface area contributed by atoms with Gasteiger partial charge in [0.1, 0.15) is 5.60 Å². The number of halogens is 2. The Morgan fingerprint density at radius 3 is 2.72 bits per heavy atom. The molecule has 4 rings (SSSR count). The molecule has 0 fully saturated rings. The molecule has 2 aromatic heterocycles. The minimum atomic E-state index is -1.15. The van der Waals surface area contributed by atoms with Crippen molar-refractivity contribution in [3.8, 4) is 0 Å². The number of hydrogen-bond acceptors (Lipinski definition) is 4. The molecule has 1 N–H and O–H groups in total. The zero-order valence-electron chi connectivity index (χ0n) is 17.2. The fraction of sp³-hybridized carbons (Fsp3) is 0.455. The summed E-state index contributed by atoms with van der Waals surface area (Å²) in [5.74, 6) is 0. The SMILES string of the molecule is CCn1ncc2c(Cl)c3c(nc21)C(O)(CCCN(C)C)c1ccccc1CC3.Cl. The second-order valence-corrected chi connectivity index (χ2v) is 8.25. The number of hydrogen-bond donors (Lipinski definition) is 1. The van der Waals surface area contributed by atoms with Crippen LogP contribution < -0.4 is 0 Å². The van der Waals surface area contributed by atoms with Crippen molar-refractivity contribution in [3.05, 3.63) is 57.9 Å². The summed E-state index contributed by atoms with van der Waals surface area (Å²) in [7, 11) is 4.11. The quantitative estimate of drug-likeness (QED) is 0.653. The van der Waals surface area contributed by atoms with Gasteiger partial charge in [-0.25, -0.2) is 9.67 Å². The summed E-state index contributed by atoms with van der Waals surface area (Å²) in [6.45, 7) is 3.65. The van der Waals surface area contributed by atoms with E-state index in [9.17, 15) is 5.11 Å². The molecule has 0 saturated carbocycles. The summed E-state index contributed by atoms with van der Waals surface area (Å²) in [6.07, 6.45) is 4.86. The molecule has 5 nitrogen and oxygen atoms in total. The van der Waals surface area contributed by atoms with E-state index < -0.39 is 5.60 Å². The first-order valence-corrected chi connectivity index (χ1v) is 10.3. The van der Waals surface area contributed by atoms with Gasteiger partial charge >= 0.3 is 0 Å². The van der Waals surface area contributed by atoms with E-state index in [2.05, 4.69) is 30.2 Å². The van der Waals surface area contributed by atoms with Gasteiger partial charge < -0.3 is 10.0 Å². The van der Waals surface area contributed by atoms with Crippen LogP contribution in [0.4, 0.5) is 0 Å². The molecule has 1 aliphatic rings. The van der Waals surface area contributed by atoms with E-state index in [1.165, 1.54) is 5.56 Å². The second kappa shape index (κ2) is 8.60. The van der Waals surface area contributed by atoms with E-state index in [0.717, 1.165) is 48.0 Å². The Morgan fingerprint density at radius 1 is 1.24 bits per heavy atom. The molecular formula is C22H28Cl2N4O. The Labute approximate surface area is 183 Å². The maximum atomic E-state index is 12.1. The Morgan fingerprint density at radius 2 is 2.00 bits per heavy atom. The Balaban J connectivity index is 0.00000240. The lowest BCUT2D eigenvalue weighted by Crippen LogP contribution is -2.31. The predicted molar refractivity (Wildman–Crippen MR) is 120 cm³/mol. The molecule has 1 unspecified atom stereocenters. The van der Waals surface area contributed by atoms with Crippen LogP contribution in [0.1, 0.15) is 42.1 Å². The zero-order valence-corrected chi connectivity index (χ0v) is 18.7. The maximum absolute atomic E-state index is 12.1. The molecule has 0 saturated heterocycles. The number of aromatic nitrogens is 3. The molecule has 1 aliphatic carbocycles. The first-order valence-electron chi connectivity index (χ1n) is 9.95. The lowest BCUT2D eigenvalue weighted by atomic mass is 9.83. The minimum absolute atomic E-state index is 0. The van der Waals surface area contributed by atoms with Crippen LogP contribution >= 0.6 is 24.0 Å². The van der Waals surface area contributed by atoms with Crippen molar-refractivity contribution in [1.29, 1.82) is 0 Å². The van der Waals surface area contributed by atoms with E-state index in [4.69, 9.17) is 16.6 Å². The van der Waals surface area contributed by atoms with E-state index >= 15 is 0 Å². The average Bonchev–Trinajstić information content (AvgIpc) is 3.05. The van der Waals surface area contributed by atoms with Gasteiger partial charge in [-0.3, -0.25) is 0 Å². The Hall–Kier alpha value is -1.66. The van der Waals surface area contributed by atoms with Gasteiger partial charge in [-0.2, -0.15) is 5.10 Å². The molecule has 0 aliphatic heterocycles. The van der Waals surface area contributed by atoms with Crippen LogP contribution in [-0.2, 0) is 25.0 Å². The molecule has 29 heavy (non-hydrogen) atoms. The maximum Gasteiger partial charge on any atom is 0.159 e. The van der Waals surface area contributed by atoms with Gasteiger partial charge in [0.05, 0.1) is 22.3 Å². The van der Waals surface area contributed by atoms with Crippen LogP contribution in [0.5, 0.6) is 0 Å². The van der Waals surface area contributed by atoms with Crippen molar-refractivity contribution >= 4 is 35.0 Å². The van der Waals surface area contributed by atoms with Gasteiger partial charge in [-0.1, -0.05) is 35.9 Å². The highest BCUT2D eigenvalue weighted by molar-refractivity contribution is 6.36. The van der Waals surface area contributed by atoms with E-state index in [1.54, 1.807) is 6.20 Å². The van der Waals surface area contributed by atoms with Crippen LogP contribution in [0, 0.1) is 0 Å². The minimum Gasteiger partial charge on any atom is -0.379 e. The normalized spacial score (nSPS) is 18.3. The number of benzene rings is 1.